The summed E-state index contributed by atoms with van der Waals surface area (Å²) in [5.74, 6) is 1.77. The largest absolute Gasteiger partial charge is 0.308 e. The highest BCUT2D eigenvalue weighted by molar-refractivity contribution is 9.10. The van der Waals surface area contributed by atoms with E-state index in [0.29, 0.717) is 5.92 Å². The van der Waals surface area contributed by atoms with Crippen molar-refractivity contribution in [2.75, 3.05) is 0 Å². The Balaban J connectivity index is 1.53. The van der Waals surface area contributed by atoms with Crippen LogP contribution < -0.4 is 0 Å². The number of benzene rings is 2. The van der Waals surface area contributed by atoms with Crippen LogP contribution in [0.5, 0.6) is 0 Å². The Morgan fingerprint density at radius 2 is 1.79 bits per heavy atom. The molecule has 0 atom stereocenters. The van der Waals surface area contributed by atoms with E-state index in [9.17, 15) is 0 Å². The van der Waals surface area contributed by atoms with Gasteiger partial charge in [0.05, 0.1) is 6.54 Å². The molecule has 28 heavy (non-hydrogen) atoms. The van der Waals surface area contributed by atoms with E-state index in [0.717, 1.165) is 22.2 Å². The van der Waals surface area contributed by atoms with Gasteiger partial charge in [-0.2, -0.15) is 0 Å². The number of aryl methyl sites for hydroxylation is 2. The highest BCUT2D eigenvalue weighted by Crippen LogP contribution is 2.41. The molecule has 2 aromatic heterocycles. The molecule has 0 unspecified atom stereocenters. The Morgan fingerprint density at radius 3 is 2.50 bits per heavy atom. The van der Waals surface area contributed by atoms with Crippen LogP contribution in [0.25, 0.3) is 22.3 Å². The number of pyridine rings is 1. The van der Waals surface area contributed by atoms with Gasteiger partial charge in [0.25, 0.3) is 0 Å². The Bertz CT molecular complexity index is 1170. The second-order valence-corrected chi connectivity index (χ2v) is 8.60. The first kappa shape index (κ1) is 17.6. The van der Waals surface area contributed by atoms with Gasteiger partial charge in [0, 0.05) is 16.6 Å². The normalized spacial score (nSPS) is 14.0. The van der Waals surface area contributed by atoms with Gasteiger partial charge in [-0.25, -0.2) is 9.97 Å². The SMILES string of the molecule is Cc1ccccc1-c1ccc(Cn2c(C3CC3)nc3c(C)c(Br)cnc32)cc1. The van der Waals surface area contributed by atoms with E-state index in [2.05, 4.69) is 82.9 Å². The first-order valence-electron chi connectivity index (χ1n) is 9.78. The average molecular weight is 432 g/mol. The minimum atomic E-state index is 0.582. The molecule has 1 fully saturated rings. The van der Waals surface area contributed by atoms with Gasteiger partial charge in [-0.15, -0.1) is 0 Å². The maximum atomic E-state index is 4.98. The van der Waals surface area contributed by atoms with E-state index < -0.39 is 0 Å². The fourth-order valence-electron chi connectivity index (χ4n) is 3.85. The second kappa shape index (κ2) is 6.85. The third-order valence-corrected chi connectivity index (χ3v) is 6.48. The van der Waals surface area contributed by atoms with Crippen LogP contribution in [0.4, 0.5) is 0 Å². The Kier molecular flexibility index (Phi) is 4.31. The van der Waals surface area contributed by atoms with Crippen LogP contribution in [0.15, 0.2) is 59.2 Å². The van der Waals surface area contributed by atoms with E-state index >= 15 is 0 Å². The van der Waals surface area contributed by atoms with Gasteiger partial charge in [0.2, 0.25) is 0 Å². The maximum Gasteiger partial charge on any atom is 0.160 e. The summed E-state index contributed by atoms with van der Waals surface area (Å²) in [5, 5.41) is 0. The van der Waals surface area contributed by atoms with Gasteiger partial charge < -0.3 is 4.57 Å². The molecule has 1 aliphatic rings. The van der Waals surface area contributed by atoms with Crippen LogP contribution >= 0.6 is 15.9 Å². The fourth-order valence-corrected chi connectivity index (χ4v) is 4.14. The van der Waals surface area contributed by atoms with Gasteiger partial charge in [-0.05, 0) is 70.4 Å². The van der Waals surface area contributed by atoms with E-state index in [1.807, 2.05) is 6.20 Å². The molecule has 0 radical (unpaired) electrons. The molecule has 2 heterocycles. The predicted octanol–water partition coefficient (Wildman–Crippen LogP) is 6.40. The molecule has 0 aliphatic heterocycles. The molecule has 2 aromatic carbocycles. The summed E-state index contributed by atoms with van der Waals surface area (Å²) in [5.41, 5.74) is 8.32. The molecular weight excluding hydrogens is 410 g/mol. The van der Waals surface area contributed by atoms with Crippen molar-refractivity contribution >= 4 is 27.1 Å². The van der Waals surface area contributed by atoms with Gasteiger partial charge >= 0.3 is 0 Å². The third-order valence-electron chi connectivity index (χ3n) is 5.68. The Morgan fingerprint density at radius 1 is 1.04 bits per heavy atom. The molecule has 0 N–H and O–H groups in total. The summed E-state index contributed by atoms with van der Waals surface area (Å²) < 4.78 is 3.34. The van der Waals surface area contributed by atoms with Crippen LogP contribution in [0.1, 0.15) is 41.3 Å². The molecule has 4 heteroatoms. The topological polar surface area (TPSA) is 30.7 Å². The molecule has 0 spiro atoms. The molecule has 0 amide bonds. The predicted molar refractivity (Wildman–Crippen MR) is 118 cm³/mol. The lowest BCUT2D eigenvalue weighted by Crippen LogP contribution is -2.05. The zero-order chi connectivity index (χ0) is 19.3. The molecule has 5 rings (SSSR count). The Hall–Kier alpha value is -2.46. The number of aromatic nitrogens is 3. The van der Waals surface area contributed by atoms with Crippen LogP contribution in [0.2, 0.25) is 0 Å². The minimum absolute atomic E-state index is 0.582. The van der Waals surface area contributed by atoms with E-state index in [-0.39, 0.29) is 0 Å². The number of rotatable bonds is 4. The van der Waals surface area contributed by atoms with E-state index in [4.69, 9.17) is 9.97 Å². The molecule has 0 saturated heterocycles. The first-order chi connectivity index (χ1) is 13.6. The highest BCUT2D eigenvalue weighted by atomic mass is 79.9. The van der Waals surface area contributed by atoms with Crippen molar-refractivity contribution < 1.29 is 0 Å². The van der Waals surface area contributed by atoms with E-state index in [1.54, 1.807) is 0 Å². The summed E-state index contributed by atoms with van der Waals surface area (Å²) in [6.07, 6.45) is 4.36. The quantitative estimate of drug-likeness (QED) is 0.373. The lowest BCUT2D eigenvalue weighted by atomic mass is 9.99. The van der Waals surface area contributed by atoms with Crippen LogP contribution in [0.3, 0.4) is 0 Å². The summed E-state index contributed by atoms with van der Waals surface area (Å²) >= 11 is 3.59. The highest BCUT2D eigenvalue weighted by Gasteiger charge is 2.30. The lowest BCUT2D eigenvalue weighted by molar-refractivity contribution is 0.740. The van der Waals surface area contributed by atoms with Crippen molar-refractivity contribution in [3.05, 3.63) is 81.7 Å². The zero-order valence-corrected chi connectivity index (χ0v) is 17.7. The van der Waals surface area contributed by atoms with Crippen molar-refractivity contribution in [1.82, 2.24) is 14.5 Å². The average Bonchev–Trinajstić information content (AvgIpc) is 3.49. The van der Waals surface area contributed by atoms with Gasteiger partial charge in [0.15, 0.2) is 5.65 Å². The summed E-state index contributed by atoms with van der Waals surface area (Å²) in [7, 11) is 0. The van der Waals surface area contributed by atoms with Gasteiger partial charge in [-0.3, -0.25) is 0 Å². The number of hydrogen-bond donors (Lipinski definition) is 0. The standard InChI is InChI=1S/C24H22BrN3/c1-15-5-3-4-6-20(15)18-9-7-17(8-10-18)14-28-23(19-11-12-19)27-22-16(2)21(25)13-26-24(22)28/h3-10,13,19H,11-12,14H2,1-2H3. The second-order valence-electron chi connectivity index (χ2n) is 7.75. The molecule has 140 valence electrons. The monoisotopic (exact) mass is 431 g/mol. The molecule has 1 aliphatic carbocycles. The zero-order valence-electron chi connectivity index (χ0n) is 16.1. The third kappa shape index (κ3) is 3.06. The minimum Gasteiger partial charge on any atom is -0.308 e. The van der Waals surface area contributed by atoms with Gasteiger partial charge in [-0.1, -0.05) is 48.5 Å². The number of imidazole rings is 1. The number of nitrogens with zero attached hydrogens (tertiary/aromatic N) is 3. The fraction of sp³-hybridized carbons (Fsp3) is 0.250. The molecule has 1 saturated carbocycles. The molecular formula is C24H22BrN3. The maximum absolute atomic E-state index is 4.98. The number of fused-ring (bicyclic) bond motifs is 1. The summed E-state index contributed by atoms with van der Waals surface area (Å²) in [6.45, 7) is 5.08. The van der Waals surface area contributed by atoms with E-state index in [1.165, 1.54) is 46.5 Å². The van der Waals surface area contributed by atoms with Crippen molar-refractivity contribution in [2.45, 2.75) is 39.2 Å². The molecule has 0 bridgehead atoms. The lowest BCUT2D eigenvalue weighted by Gasteiger charge is -2.10. The van der Waals surface area contributed by atoms with Crippen LogP contribution in [0, 0.1) is 13.8 Å². The summed E-state index contributed by atoms with van der Waals surface area (Å²) in [6, 6.07) is 17.4. The summed E-state index contributed by atoms with van der Waals surface area (Å²) in [4.78, 5) is 9.68. The van der Waals surface area contributed by atoms with Crippen molar-refractivity contribution in [1.29, 1.82) is 0 Å². The number of hydrogen-bond acceptors (Lipinski definition) is 2. The first-order valence-corrected chi connectivity index (χ1v) is 10.6. The molecule has 3 nitrogen and oxygen atoms in total. The van der Waals surface area contributed by atoms with Crippen molar-refractivity contribution in [3.8, 4) is 11.1 Å². The Labute approximate surface area is 173 Å². The van der Waals surface area contributed by atoms with Crippen molar-refractivity contribution in [3.63, 3.8) is 0 Å². The van der Waals surface area contributed by atoms with Crippen molar-refractivity contribution in [2.24, 2.45) is 0 Å². The molecule has 4 aromatic rings. The smallest absolute Gasteiger partial charge is 0.160 e. The van der Waals surface area contributed by atoms with Gasteiger partial charge in [0.1, 0.15) is 11.3 Å². The van der Waals surface area contributed by atoms with Crippen LogP contribution in [-0.2, 0) is 6.54 Å². The number of halogens is 1. The van der Waals surface area contributed by atoms with Crippen LogP contribution in [-0.4, -0.2) is 14.5 Å².